The summed E-state index contributed by atoms with van der Waals surface area (Å²) in [5.74, 6) is 0.818. The lowest BCUT2D eigenvalue weighted by molar-refractivity contribution is -0.122. The molecule has 156 valence electrons. The monoisotopic (exact) mass is 442 g/mol. The van der Waals surface area contributed by atoms with E-state index in [-0.39, 0.29) is 24.8 Å². The fourth-order valence-electron chi connectivity index (χ4n) is 2.95. The SMILES string of the molecule is COc1ccc(/C=C2\SC(=S)N(CCC(=O)Nc3cccc(C)c3)C2=O)cc1OC. The number of methoxy groups -OCH3 is 2. The lowest BCUT2D eigenvalue weighted by atomic mass is 10.2. The van der Waals surface area contributed by atoms with Gasteiger partial charge in [-0.05, 0) is 48.4 Å². The number of benzene rings is 2. The number of aryl methyl sites for hydroxylation is 1. The predicted octanol–water partition coefficient (Wildman–Crippen LogP) is 4.24. The molecule has 8 heteroatoms. The Labute approximate surface area is 185 Å². The summed E-state index contributed by atoms with van der Waals surface area (Å²) < 4.78 is 11.0. The average Bonchev–Trinajstić information content (AvgIpc) is 2.99. The molecule has 0 radical (unpaired) electrons. The van der Waals surface area contributed by atoms with Crippen molar-refractivity contribution in [3.8, 4) is 11.5 Å². The van der Waals surface area contributed by atoms with E-state index in [4.69, 9.17) is 21.7 Å². The molecule has 0 bridgehead atoms. The lowest BCUT2D eigenvalue weighted by Crippen LogP contribution is -2.31. The highest BCUT2D eigenvalue weighted by molar-refractivity contribution is 8.26. The molecule has 1 heterocycles. The van der Waals surface area contributed by atoms with Crippen molar-refractivity contribution in [2.24, 2.45) is 0 Å². The van der Waals surface area contributed by atoms with E-state index >= 15 is 0 Å². The minimum Gasteiger partial charge on any atom is -0.493 e. The smallest absolute Gasteiger partial charge is 0.266 e. The maximum absolute atomic E-state index is 12.8. The van der Waals surface area contributed by atoms with Crippen molar-refractivity contribution in [3.05, 3.63) is 58.5 Å². The van der Waals surface area contributed by atoms with E-state index < -0.39 is 0 Å². The topological polar surface area (TPSA) is 67.9 Å². The molecule has 0 atom stereocenters. The zero-order chi connectivity index (χ0) is 21.7. The number of nitrogens with one attached hydrogen (secondary N) is 1. The van der Waals surface area contributed by atoms with Gasteiger partial charge >= 0.3 is 0 Å². The van der Waals surface area contributed by atoms with Crippen LogP contribution >= 0.6 is 24.0 Å². The highest BCUT2D eigenvalue weighted by Crippen LogP contribution is 2.34. The van der Waals surface area contributed by atoms with Gasteiger partial charge in [0.05, 0.1) is 19.1 Å². The van der Waals surface area contributed by atoms with Gasteiger partial charge in [-0.25, -0.2) is 0 Å². The highest BCUT2D eigenvalue weighted by atomic mass is 32.2. The Bertz CT molecular complexity index is 1020. The Kier molecular flexibility index (Phi) is 7.12. The maximum atomic E-state index is 12.8. The molecule has 2 aromatic rings. The van der Waals surface area contributed by atoms with Gasteiger partial charge in [-0.2, -0.15) is 0 Å². The zero-order valence-corrected chi connectivity index (χ0v) is 18.6. The number of rotatable bonds is 7. The summed E-state index contributed by atoms with van der Waals surface area (Å²) in [6.45, 7) is 2.19. The van der Waals surface area contributed by atoms with Gasteiger partial charge in [0, 0.05) is 18.7 Å². The number of ether oxygens (including phenoxy) is 2. The van der Waals surface area contributed by atoms with Gasteiger partial charge in [-0.15, -0.1) is 0 Å². The van der Waals surface area contributed by atoms with E-state index in [2.05, 4.69) is 5.32 Å². The predicted molar refractivity (Wildman–Crippen MR) is 124 cm³/mol. The summed E-state index contributed by atoms with van der Waals surface area (Å²) in [6.07, 6.45) is 1.91. The van der Waals surface area contributed by atoms with E-state index in [9.17, 15) is 9.59 Å². The molecule has 2 aromatic carbocycles. The average molecular weight is 443 g/mol. The van der Waals surface area contributed by atoms with Crippen LogP contribution in [0.5, 0.6) is 11.5 Å². The quantitative estimate of drug-likeness (QED) is 0.511. The van der Waals surface area contributed by atoms with E-state index in [1.54, 1.807) is 32.4 Å². The van der Waals surface area contributed by atoms with Crippen molar-refractivity contribution in [1.29, 1.82) is 0 Å². The number of thiocarbonyl (C=S) groups is 1. The van der Waals surface area contributed by atoms with Crippen LogP contribution in [0, 0.1) is 6.92 Å². The third kappa shape index (κ3) is 5.20. The van der Waals surface area contributed by atoms with Gasteiger partial charge in [0.2, 0.25) is 5.91 Å². The molecule has 1 aliphatic rings. The first kappa shape index (κ1) is 21.9. The van der Waals surface area contributed by atoms with E-state index in [0.717, 1.165) is 16.8 Å². The molecule has 6 nitrogen and oxygen atoms in total. The minimum absolute atomic E-state index is 0.157. The van der Waals surface area contributed by atoms with Crippen LogP contribution in [0.4, 0.5) is 5.69 Å². The molecule has 1 N–H and O–H groups in total. The number of carbonyl (C=O) groups excluding carboxylic acids is 2. The molecule has 30 heavy (non-hydrogen) atoms. The van der Waals surface area contributed by atoms with Crippen LogP contribution in [-0.4, -0.2) is 41.8 Å². The van der Waals surface area contributed by atoms with Crippen LogP contribution < -0.4 is 14.8 Å². The van der Waals surface area contributed by atoms with Gasteiger partial charge in [0.1, 0.15) is 4.32 Å². The maximum Gasteiger partial charge on any atom is 0.266 e. The van der Waals surface area contributed by atoms with Gasteiger partial charge < -0.3 is 14.8 Å². The summed E-state index contributed by atoms with van der Waals surface area (Å²) in [4.78, 5) is 27.0. The van der Waals surface area contributed by atoms with Crippen molar-refractivity contribution < 1.29 is 19.1 Å². The van der Waals surface area contributed by atoms with Crippen molar-refractivity contribution in [1.82, 2.24) is 4.90 Å². The normalized spacial score (nSPS) is 14.9. The number of amides is 2. The Morgan fingerprint density at radius 2 is 1.93 bits per heavy atom. The van der Waals surface area contributed by atoms with Crippen molar-refractivity contribution >= 4 is 51.9 Å². The first-order chi connectivity index (χ1) is 14.4. The standard InChI is InChI=1S/C22H22N2O4S2/c1-14-5-4-6-16(11-14)23-20(25)9-10-24-21(26)19(30-22(24)29)13-15-7-8-17(27-2)18(12-15)28-3/h4-8,11-13H,9-10H2,1-3H3,(H,23,25)/b19-13-. The molecule has 1 fully saturated rings. The molecule has 1 saturated heterocycles. The second-order valence-corrected chi connectivity index (χ2v) is 8.29. The molecule has 0 aliphatic carbocycles. The summed E-state index contributed by atoms with van der Waals surface area (Å²) in [5.41, 5.74) is 2.59. The van der Waals surface area contributed by atoms with Crippen molar-refractivity contribution in [2.45, 2.75) is 13.3 Å². The van der Waals surface area contributed by atoms with Crippen LogP contribution in [0.2, 0.25) is 0 Å². The zero-order valence-electron chi connectivity index (χ0n) is 16.9. The number of nitrogens with zero attached hydrogens (tertiary/aromatic N) is 1. The first-order valence-corrected chi connectivity index (χ1v) is 10.5. The fraction of sp³-hybridized carbons (Fsp3) is 0.227. The molecule has 3 rings (SSSR count). The molecule has 0 saturated carbocycles. The molecule has 0 spiro atoms. The van der Waals surface area contributed by atoms with Crippen molar-refractivity contribution in [2.75, 3.05) is 26.1 Å². The van der Waals surface area contributed by atoms with E-state index in [0.29, 0.717) is 20.7 Å². The molecule has 0 unspecified atom stereocenters. The molecular formula is C22H22N2O4S2. The number of carbonyl (C=O) groups is 2. The highest BCUT2D eigenvalue weighted by Gasteiger charge is 2.32. The van der Waals surface area contributed by atoms with Gasteiger partial charge in [0.25, 0.3) is 5.91 Å². The first-order valence-electron chi connectivity index (χ1n) is 9.25. The summed E-state index contributed by atoms with van der Waals surface area (Å²) in [7, 11) is 3.13. The largest absolute Gasteiger partial charge is 0.493 e. The Balaban J connectivity index is 1.64. The van der Waals surface area contributed by atoms with E-state index in [1.807, 2.05) is 37.3 Å². The number of anilines is 1. The van der Waals surface area contributed by atoms with Gasteiger partial charge in [-0.1, -0.05) is 42.2 Å². The van der Waals surface area contributed by atoms with Crippen LogP contribution in [-0.2, 0) is 9.59 Å². The van der Waals surface area contributed by atoms with Crippen LogP contribution in [0.3, 0.4) is 0 Å². The summed E-state index contributed by atoms with van der Waals surface area (Å²) in [6, 6.07) is 13.0. The van der Waals surface area contributed by atoms with E-state index in [1.165, 1.54) is 16.7 Å². The van der Waals surface area contributed by atoms with Crippen LogP contribution in [0.15, 0.2) is 47.4 Å². The summed E-state index contributed by atoms with van der Waals surface area (Å²) in [5, 5.41) is 2.84. The third-order valence-corrected chi connectivity index (χ3v) is 5.82. The number of hydrogen-bond acceptors (Lipinski definition) is 6. The molecular weight excluding hydrogens is 420 g/mol. The third-order valence-electron chi connectivity index (χ3n) is 4.44. The van der Waals surface area contributed by atoms with Crippen LogP contribution in [0.1, 0.15) is 17.5 Å². The fourth-order valence-corrected chi connectivity index (χ4v) is 4.25. The van der Waals surface area contributed by atoms with Gasteiger partial charge in [-0.3, -0.25) is 14.5 Å². The number of hydrogen-bond donors (Lipinski definition) is 1. The molecule has 1 aliphatic heterocycles. The second-order valence-electron chi connectivity index (χ2n) is 6.62. The Morgan fingerprint density at radius 1 is 1.17 bits per heavy atom. The molecule has 2 amide bonds. The Hall–Kier alpha value is -2.84. The molecule has 0 aromatic heterocycles. The lowest BCUT2D eigenvalue weighted by Gasteiger charge is -2.14. The second kappa shape index (κ2) is 9.77. The van der Waals surface area contributed by atoms with Crippen LogP contribution in [0.25, 0.3) is 6.08 Å². The minimum atomic E-state index is -0.205. The van der Waals surface area contributed by atoms with Crippen molar-refractivity contribution in [3.63, 3.8) is 0 Å². The van der Waals surface area contributed by atoms with Gasteiger partial charge in [0.15, 0.2) is 11.5 Å². The number of thioether (sulfide) groups is 1. The Morgan fingerprint density at radius 3 is 2.63 bits per heavy atom. The summed E-state index contributed by atoms with van der Waals surface area (Å²) >= 11 is 6.57.